The SMILES string of the molecule is CCC(c1nccs1)n1c(-c2cccs2)n[nH]c1=S. The van der Waals surface area contributed by atoms with Crippen molar-refractivity contribution in [3.8, 4) is 10.7 Å². The van der Waals surface area contributed by atoms with E-state index in [1.807, 2.05) is 23.0 Å². The average molecular weight is 308 g/mol. The second-order valence-electron chi connectivity index (χ2n) is 3.99. The maximum Gasteiger partial charge on any atom is 0.196 e. The van der Waals surface area contributed by atoms with Crippen LogP contribution in [0.1, 0.15) is 24.4 Å². The summed E-state index contributed by atoms with van der Waals surface area (Å²) in [6, 6.07) is 4.22. The van der Waals surface area contributed by atoms with Gasteiger partial charge >= 0.3 is 0 Å². The molecule has 0 saturated carbocycles. The van der Waals surface area contributed by atoms with E-state index in [9.17, 15) is 0 Å². The molecule has 0 fully saturated rings. The molecule has 0 spiro atoms. The molecule has 0 aromatic carbocycles. The van der Waals surface area contributed by atoms with Crippen LogP contribution in [0.3, 0.4) is 0 Å². The van der Waals surface area contributed by atoms with Crippen LogP contribution >= 0.6 is 34.9 Å². The molecule has 7 heteroatoms. The Morgan fingerprint density at radius 3 is 2.95 bits per heavy atom. The van der Waals surface area contributed by atoms with Gasteiger partial charge in [-0.15, -0.1) is 22.7 Å². The van der Waals surface area contributed by atoms with Crippen LogP contribution in [0.25, 0.3) is 10.7 Å². The molecule has 19 heavy (non-hydrogen) atoms. The zero-order valence-corrected chi connectivity index (χ0v) is 12.7. The highest BCUT2D eigenvalue weighted by atomic mass is 32.1. The van der Waals surface area contributed by atoms with Gasteiger partial charge in [-0.2, -0.15) is 5.10 Å². The maximum absolute atomic E-state index is 5.39. The fraction of sp³-hybridized carbons (Fsp3) is 0.250. The number of hydrogen-bond donors (Lipinski definition) is 1. The molecule has 1 N–H and O–H groups in total. The lowest BCUT2D eigenvalue weighted by Crippen LogP contribution is -2.11. The second-order valence-corrected chi connectivity index (χ2v) is 6.25. The highest BCUT2D eigenvalue weighted by molar-refractivity contribution is 7.71. The van der Waals surface area contributed by atoms with Crippen molar-refractivity contribution in [3.05, 3.63) is 38.9 Å². The molecule has 3 aromatic heterocycles. The molecular weight excluding hydrogens is 296 g/mol. The van der Waals surface area contributed by atoms with Gasteiger partial charge in [-0.25, -0.2) is 4.98 Å². The lowest BCUT2D eigenvalue weighted by atomic mass is 10.2. The summed E-state index contributed by atoms with van der Waals surface area (Å²) in [5, 5.41) is 12.4. The fourth-order valence-corrected chi connectivity index (χ4v) is 3.82. The van der Waals surface area contributed by atoms with Crippen LogP contribution in [0.4, 0.5) is 0 Å². The number of hydrogen-bond acceptors (Lipinski definition) is 5. The third kappa shape index (κ3) is 2.29. The van der Waals surface area contributed by atoms with E-state index in [-0.39, 0.29) is 6.04 Å². The van der Waals surface area contributed by atoms with E-state index in [0.29, 0.717) is 4.77 Å². The van der Waals surface area contributed by atoms with Crippen molar-refractivity contribution in [2.75, 3.05) is 0 Å². The quantitative estimate of drug-likeness (QED) is 0.737. The number of H-pyrrole nitrogens is 1. The van der Waals surface area contributed by atoms with Crippen molar-refractivity contribution < 1.29 is 0 Å². The Bertz CT molecular complexity index is 694. The van der Waals surface area contributed by atoms with Gasteiger partial charge in [0.2, 0.25) is 0 Å². The summed E-state index contributed by atoms with van der Waals surface area (Å²) in [7, 11) is 0. The van der Waals surface area contributed by atoms with Crippen molar-refractivity contribution in [2.24, 2.45) is 0 Å². The predicted molar refractivity (Wildman–Crippen MR) is 81.3 cm³/mol. The van der Waals surface area contributed by atoms with Crippen LogP contribution in [0.2, 0.25) is 0 Å². The minimum atomic E-state index is 0.142. The number of aromatic amines is 1. The van der Waals surface area contributed by atoms with Crippen LogP contribution in [0.5, 0.6) is 0 Å². The summed E-state index contributed by atoms with van der Waals surface area (Å²) in [6.45, 7) is 2.14. The Morgan fingerprint density at radius 2 is 2.32 bits per heavy atom. The largest absolute Gasteiger partial charge is 0.289 e. The third-order valence-electron chi connectivity index (χ3n) is 2.88. The van der Waals surface area contributed by atoms with Crippen molar-refractivity contribution in [2.45, 2.75) is 19.4 Å². The molecule has 0 aliphatic rings. The first kappa shape index (κ1) is 12.7. The first-order valence-corrected chi connectivity index (χ1v) is 8.08. The van der Waals surface area contributed by atoms with Gasteiger partial charge in [-0.05, 0) is 30.1 Å². The minimum absolute atomic E-state index is 0.142. The van der Waals surface area contributed by atoms with Crippen molar-refractivity contribution in [3.63, 3.8) is 0 Å². The van der Waals surface area contributed by atoms with Crippen LogP contribution in [0, 0.1) is 4.77 Å². The van der Waals surface area contributed by atoms with Gasteiger partial charge in [0.1, 0.15) is 5.01 Å². The van der Waals surface area contributed by atoms with Crippen LogP contribution in [-0.2, 0) is 0 Å². The lowest BCUT2D eigenvalue weighted by Gasteiger charge is -2.15. The van der Waals surface area contributed by atoms with Gasteiger partial charge in [0, 0.05) is 11.6 Å². The molecule has 3 heterocycles. The summed E-state index contributed by atoms with van der Waals surface area (Å²) >= 11 is 8.70. The first-order valence-electron chi connectivity index (χ1n) is 5.91. The number of nitrogens with one attached hydrogen (secondary N) is 1. The highest BCUT2D eigenvalue weighted by Crippen LogP contribution is 2.30. The minimum Gasteiger partial charge on any atom is -0.289 e. The van der Waals surface area contributed by atoms with E-state index in [2.05, 4.69) is 32.7 Å². The number of aromatic nitrogens is 4. The fourth-order valence-electron chi connectivity index (χ4n) is 2.04. The van der Waals surface area contributed by atoms with Crippen molar-refractivity contribution in [1.29, 1.82) is 0 Å². The third-order valence-corrected chi connectivity index (χ3v) is 4.91. The van der Waals surface area contributed by atoms with E-state index in [4.69, 9.17) is 12.2 Å². The summed E-state index contributed by atoms with van der Waals surface area (Å²) in [5.41, 5.74) is 0. The molecule has 0 radical (unpaired) electrons. The Hall–Kier alpha value is -1.31. The van der Waals surface area contributed by atoms with E-state index < -0.39 is 0 Å². The molecule has 98 valence electrons. The number of nitrogens with zero attached hydrogens (tertiary/aromatic N) is 3. The molecule has 0 saturated heterocycles. The smallest absolute Gasteiger partial charge is 0.196 e. The lowest BCUT2D eigenvalue weighted by molar-refractivity contribution is 0.561. The Labute approximate surface area is 123 Å². The maximum atomic E-state index is 5.39. The summed E-state index contributed by atoms with van der Waals surface area (Å²) in [4.78, 5) is 5.53. The van der Waals surface area contributed by atoms with Gasteiger partial charge in [0.15, 0.2) is 10.6 Å². The molecule has 1 atom stereocenters. The topological polar surface area (TPSA) is 46.5 Å². The van der Waals surface area contributed by atoms with E-state index in [0.717, 1.165) is 22.1 Å². The Morgan fingerprint density at radius 1 is 1.42 bits per heavy atom. The van der Waals surface area contributed by atoms with Crippen molar-refractivity contribution >= 4 is 34.9 Å². The molecule has 4 nitrogen and oxygen atoms in total. The van der Waals surface area contributed by atoms with Crippen LogP contribution in [0.15, 0.2) is 29.1 Å². The summed E-state index contributed by atoms with van der Waals surface area (Å²) < 4.78 is 2.71. The molecule has 3 aromatic rings. The number of thiophene rings is 1. The van der Waals surface area contributed by atoms with Crippen LogP contribution in [-0.4, -0.2) is 19.7 Å². The Kier molecular flexibility index (Phi) is 3.58. The Balaban J connectivity index is 2.14. The van der Waals surface area contributed by atoms with Gasteiger partial charge in [0.25, 0.3) is 0 Å². The van der Waals surface area contributed by atoms with Crippen LogP contribution < -0.4 is 0 Å². The van der Waals surface area contributed by atoms with Gasteiger partial charge in [0.05, 0.1) is 10.9 Å². The molecular formula is C12H12N4S3. The van der Waals surface area contributed by atoms with E-state index in [1.54, 1.807) is 22.7 Å². The molecule has 0 aliphatic heterocycles. The first-order chi connectivity index (χ1) is 9.31. The normalized spacial score (nSPS) is 12.7. The molecule has 0 bridgehead atoms. The monoisotopic (exact) mass is 308 g/mol. The molecule has 1 unspecified atom stereocenters. The zero-order chi connectivity index (χ0) is 13.2. The highest BCUT2D eigenvalue weighted by Gasteiger charge is 2.20. The number of thiazole rings is 1. The second kappa shape index (κ2) is 5.36. The summed E-state index contributed by atoms with van der Waals surface area (Å²) in [5.74, 6) is 0.891. The molecule has 0 amide bonds. The zero-order valence-electron chi connectivity index (χ0n) is 10.2. The van der Waals surface area contributed by atoms with E-state index in [1.165, 1.54) is 0 Å². The average Bonchev–Trinajstić information content (AvgIpc) is 3.12. The molecule has 0 aliphatic carbocycles. The van der Waals surface area contributed by atoms with E-state index >= 15 is 0 Å². The predicted octanol–water partition coefficient (Wildman–Crippen LogP) is 4.13. The van der Waals surface area contributed by atoms with Gasteiger partial charge in [-0.3, -0.25) is 9.67 Å². The molecule has 3 rings (SSSR count). The standard InChI is InChI=1S/C12H12N4S3/c1-2-8(11-13-5-7-19-11)16-10(14-15-12(16)17)9-4-3-6-18-9/h3-8H,2H2,1H3,(H,15,17). The van der Waals surface area contributed by atoms with Crippen molar-refractivity contribution in [1.82, 2.24) is 19.7 Å². The van der Waals surface area contributed by atoms with Gasteiger partial charge in [-0.1, -0.05) is 13.0 Å². The summed E-state index contributed by atoms with van der Waals surface area (Å²) in [6.07, 6.45) is 2.76. The number of rotatable bonds is 4. The van der Waals surface area contributed by atoms with Gasteiger partial charge < -0.3 is 0 Å².